The van der Waals surface area contributed by atoms with Crippen molar-refractivity contribution < 1.29 is 4.74 Å². The fraction of sp³-hybridized carbons (Fsp3) is 0.625. The molecule has 0 spiro atoms. The highest BCUT2D eigenvalue weighted by molar-refractivity contribution is 6.30. The molecule has 2 nitrogen and oxygen atoms in total. The van der Waals surface area contributed by atoms with E-state index < -0.39 is 0 Å². The maximum absolute atomic E-state index is 5.97. The Morgan fingerprint density at radius 1 is 1.26 bits per heavy atom. The molecule has 3 atom stereocenters. The number of benzene rings is 1. The van der Waals surface area contributed by atoms with Crippen molar-refractivity contribution in [3.05, 3.63) is 34.9 Å². The second-order valence-corrected chi connectivity index (χ2v) is 6.28. The zero-order valence-electron chi connectivity index (χ0n) is 12.0. The van der Waals surface area contributed by atoms with Crippen molar-refractivity contribution in [2.24, 2.45) is 5.92 Å². The van der Waals surface area contributed by atoms with Crippen molar-refractivity contribution >= 4 is 11.6 Å². The normalized spacial score (nSPS) is 25.5. The number of ether oxygens (including phenoxy) is 1. The van der Waals surface area contributed by atoms with E-state index in [-0.39, 0.29) is 0 Å². The van der Waals surface area contributed by atoms with Crippen LogP contribution >= 0.6 is 11.6 Å². The van der Waals surface area contributed by atoms with E-state index in [1.54, 1.807) is 0 Å². The Hall–Kier alpha value is -0.570. The number of hydrogen-bond donors (Lipinski definition) is 1. The first-order valence-electron chi connectivity index (χ1n) is 7.19. The van der Waals surface area contributed by atoms with Crippen molar-refractivity contribution in [2.45, 2.75) is 51.8 Å². The van der Waals surface area contributed by atoms with Gasteiger partial charge in [0, 0.05) is 23.7 Å². The van der Waals surface area contributed by atoms with Crippen LogP contribution in [0, 0.1) is 5.92 Å². The van der Waals surface area contributed by atoms with Crippen LogP contribution in [0.4, 0.5) is 0 Å². The van der Waals surface area contributed by atoms with E-state index in [1.165, 1.54) is 5.56 Å². The van der Waals surface area contributed by atoms with Gasteiger partial charge in [-0.3, -0.25) is 0 Å². The monoisotopic (exact) mass is 281 g/mol. The molecule has 0 aromatic heterocycles. The summed E-state index contributed by atoms with van der Waals surface area (Å²) >= 11 is 5.97. The van der Waals surface area contributed by atoms with E-state index in [0.717, 1.165) is 24.5 Å². The van der Waals surface area contributed by atoms with Gasteiger partial charge in [0.2, 0.25) is 0 Å². The lowest BCUT2D eigenvalue weighted by Crippen LogP contribution is -2.41. The van der Waals surface area contributed by atoms with E-state index in [4.69, 9.17) is 16.3 Å². The summed E-state index contributed by atoms with van der Waals surface area (Å²) in [6, 6.07) is 9.13. The van der Waals surface area contributed by atoms with Crippen molar-refractivity contribution in [1.82, 2.24) is 5.32 Å². The van der Waals surface area contributed by atoms with Crippen molar-refractivity contribution in [3.8, 4) is 0 Å². The first-order chi connectivity index (χ1) is 9.06. The summed E-state index contributed by atoms with van der Waals surface area (Å²) in [5.74, 6) is 0.555. The first kappa shape index (κ1) is 14.8. The van der Waals surface area contributed by atoms with Crippen LogP contribution in [-0.2, 0) is 4.74 Å². The molecule has 1 aromatic carbocycles. The molecular weight excluding hydrogens is 258 g/mol. The van der Waals surface area contributed by atoms with Gasteiger partial charge in [0.15, 0.2) is 0 Å². The molecule has 0 radical (unpaired) electrons. The van der Waals surface area contributed by atoms with Gasteiger partial charge >= 0.3 is 0 Å². The molecule has 1 heterocycles. The van der Waals surface area contributed by atoms with Gasteiger partial charge in [-0.1, -0.05) is 37.6 Å². The molecule has 1 aromatic rings. The fourth-order valence-electron chi connectivity index (χ4n) is 2.75. The van der Waals surface area contributed by atoms with Crippen molar-refractivity contribution in [3.63, 3.8) is 0 Å². The van der Waals surface area contributed by atoms with E-state index in [0.29, 0.717) is 24.1 Å². The summed E-state index contributed by atoms with van der Waals surface area (Å²) in [6.45, 7) is 7.54. The summed E-state index contributed by atoms with van der Waals surface area (Å²) in [5.41, 5.74) is 1.32. The van der Waals surface area contributed by atoms with E-state index in [2.05, 4.69) is 38.2 Å². The van der Waals surface area contributed by atoms with Crippen LogP contribution in [0.25, 0.3) is 0 Å². The Labute approximate surface area is 121 Å². The summed E-state index contributed by atoms with van der Waals surface area (Å²) in [5, 5.41) is 4.60. The molecule has 1 fully saturated rings. The molecule has 19 heavy (non-hydrogen) atoms. The Morgan fingerprint density at radius 2 is 1.95 bits per heavy atom. The first-order valence-corrected chi connectivity index (χ1v) is 7.57. The number of rotatable bonds is 4. The van der Waals surface area contributed by atoms with Crippen LogP contribution in [0.1, 0.15) is 45.2 Å². The second-order valence-electron chi connectivity index (χ2n) is 5.84. The smallest absolute Gasteiger partial charge is 0.0561 e. The molecule has 106 valence electrons. The Balaban J connectivity index is 2.05. The van der Waals surface area contributed by atoms with Crippen LogP contribution in [-0.4, -0.2) is 18.8 Å². The standard InChI is InChI=1S/C16H24ClNO/c1-11(2)16(13-4-6-14(17)7-5-13)18-15-8-9-19-12(3)10-15/h4-7,11-12,15-16,18H,8-10H2,1-3H3. The molecule has 3 heteroatoms. The van der Waals surface area contributed by atoms with E-state index >= 15 is 0 Å². The minimum Gasteiger partial charge on any atom is -0.378 e. The third-order valence-electron chi connectivity index (χ3n) is 3.80. The fourth-order valence-corrected chi connectivity index (χ4v) is 2.87. The Kier molecular flexibility index (Phi) is 5.26. The summed E-state index contributed by atoms with van der Waals surface area (Å²) in [7, 11) is 0. The van der Waals surface area contributed by atoms with Crippen LogP contribution in [0.15, 0.2) is 24.3 Å². The lowest BCUT2D eigenvalue weighted by atomic mass is 9.93. The average molecular weight is 282 g/mol. The zero-order valence-corrected chi connectivity index (χ0v) is 12.8. The highest BCUT2D eigenvalue weighted by Gasteiger charge is 2.24. The van der Waals surface area contributed by atoms with Crippen LogP contribution < -0.4 is 5.32 Å². The quantitative estimate of drug-likeness (QED) is 0.893. The largest absolute Gasteiger partial charge is 0.378 e. The molecule has 1 saturated heterocycles. The summed E-state index contributed by atoms with van der Waals surface area (Å²) in [6.07, 6.45) is 2.56. The van der Waals surface area contributed by atoms with Gasteiger partial charge in [0.25, 0.3) is 0 Å². The molecule has 1 N–H and O–H groups in total. The molecule has 0 amide bonds. The van der Waals surface area contributed by atoms with Crippen molar-refractivity contribution in [1.29, 1.82) is 0 Å². The Morgan fingerprint density at radius 3 is 2.53 bits per heavy atom. The minimum atomic E-state index is 0.365. The van der Waals surface area contributed by atoms with Crippen LogP contribution in [0.5, 0.6) is 0 Å². The molecular formula is C16H24ClNO. The summed E-state index contributed by atoms with van der Waals surface area (Å²) < 4.78 is 5.61. The predicted octanol–water partition coefficient (Wildman–Crippen LogP) is 4.19. The second kappa shape index (κ2) is 6.74. The SMILES string of the molecule is CC1CC(NC(c2ccc(Cl)cc2)C(C)C)CCO1. The third kappa shape index (κ3) is 4.20. The molecule has 0 aliphatic carbocycles. The molecule has 1 aliphatic heterocycles. The highest BCUT2D eigenvalue weighted by atomic mass is 35.5. The van der Waals surface area contributed by atoms with Gasteiger partial charge in [-0.05, 0) is 43.4 Å². The molecule has 0 bridgehead atoms. The minimum absolute atomic E-state index is 0.365. The lowest BCUT2D eigenvalue weighted by molar-refractivity contribution is 0.0100. The highest BCUT2D eigenvalue weighted by Crippen LogP contribution is 2.26. The van der Waals surface area contributed by atoms with Crippen LogP contribution in [0.3, 0.4) is 0 Å². The van der Waals surface area contributed by atoms with Gasteiger partial charge in [0.1, 0.15) is 0 Å². The zero-order chi connectivity index (χ0) is 13.8. The number of halogens is 1. The van der Waals surface area contributed by atoms with Crippen LogP contribution in [0.2, 0.25) is 5.02 Å². The number of hydrogen-bond acceptors (Lipinski definition) is 2. The Bertz CT molecular complexity index is 390. The van der Waals surface area contributed by atoms with Gasteiger partial charge < -0.3 is 10.1 Å². The predicted molar refractivity (Wildman–Crippen MR) is 80.6 cm³/mol. The van der Waals surface area contributed by atoms with Crippen molar-refractivity contribution in [2.75, 3.05) is 6.61 Å². The van der Waals surface area contributed by atoms with Gasteiger partial charge in [0.05, 0.1) is 6.10 Å². The van der Waals surface area contributed by atoms with E-state index in [9.17, 15) is 0 Å². The topological polar surface area (TPSA) is 21.3 Å². The maximum atomic E-state index is 5.97. The summed E-state index contributed by atoms with van der Waals surface area (Å²) in [4.78, 5) is 0. The molecule has 1 aliphatic rings. The van der Waals surface area contributed by atoms with Gasteiger partial charge in [-0.15, -0.1) is 0 Å². The average Bonchev–Trinajstić information content (AvgIpc) is 2.37. The molecule has 2 rings (SSSR count). The number of nitrogens with one attached hydrogen (secondary N) is 1. The lowest BCUT2D eigenvalue weighted by Gasteiger charge is -2.33. The van der Waals surface area contributed by atoms with Gasteiger partial charge in [-0.2, -0.15) is 0 Å². The van der Waals surface area contributed by atoms with E-state index in [1.807, 2.05) is 12.1 Å². The van der Waals surface area contributed by atoms with Gasteiger partial charge in [-0.25, -0.2) is 0 Å². The maximum Gasteiger partial charge on any atom is 0.0561 e. The third-order valence-corrected chi connectivity index (χ3v) is 4.05. The molecule has 3 unspecified atom stereocenters. The molecule has 0 saturated carbocycles.